The van der Waals surface area contributed by atoms with Crippen molar-refractivity contribution in [3.8, 4) is 0 Å². The molecule has 3 aliphatic rings. The van der Waals surface area contributed by atoms with Crippen LogP contribution in [0.2, 0.25) is 0 Å². The first-order valence-electron chi connectivity index (χ1n) is 8.66. The van der Waals surface area contributed by atoms with Crippen molar-refractivity contribution in [3.63, 3.8) is 0 Å². The molecule has 3 fully saturated rings. The molecule has 0 N–H and O–H groups in total. The third-order valence-corrected chi connectivity index (χ3v) is 5.98. The van der Waals surface area contributed by atoms with Crippen molar-refractivity contribution in [2.24, 2.45) is 5.92 Å². The molecule has 4 nitrogen and oxygen atoms in total. The van der Waals surface area contributed by atoms with E-state index in [2.05, 4.69) is 15.3 Å². The predicted octanol–water partition coefficient (Wildman–Crippen LogP) is 3.00. The Labute approximate surface area is 136 Å². The Hall–Kier alpha value is -0.490. The van der Waals surface area contributed by atoms with Gasteiger partial charge in [0.05, 0.1) is 36.1 Å². The maximum absolute atomic E-state index is 6.30. The lowest BCUT2D eigenvalue weighted by Gasteiger charge is -2.36. The van der Waals surface area contributed by atoms with Gasteiger partial charge in [0.2, 0.25) is 0 Å². The smallest absolute Gasteiger partial charge is 0.0898 e. The van der Waals surface area contributed by atoms with Crippen molar-refractivity contribution in [1.82, 2.24) is 9.88 Å². The van der Waals surface area contributed by atoms with E-state index in [-0.39, 0.29) is 6.10 Å². The molecule has 2 aliphatic heterocycles. The quantitative estimate of drug-likeness (QED) is 0.806. The van der Waals surface area contributed by atoms with Gasteiger partial charge in [0, 0.05) is 24.5 Å². The molecule has 0 amide bonds. The van der Waals surface area contributed by atoms with Crippen molar-refractivity contribution >= 4 is 11.3 Å². The molecular weight excluding hydrogens is 296 g/mol. The first kappa shape index (κ1) is 15.1. The number of aryl methyl sites for hydroxylation is 1. The van der Waals surface area contributed by atoms with Crippen molar-refractivity contribution in [2.75, 3.05) is 19.7 Å². The molecule has 0 radical (unpaired) electrons. The summed E-state index contributed by atoms with van der Waals surface area (Å²) in [6, 6.07) is 0.679. The number of rotatable bonds is 6. The molecule has 0 unspecified atom stereocenters. The Morgan fingerprint density at radius 1 is 1.32 bits per heavy atom. The van der Waals surface area contributed by atoms with E-state index in [9.17, 15) is 0 Å². The van der Waals surface area contributed by atoms with Gasteiger partial charge in [0.1, 0.15) is 0 Å². The number of likely N-dealkylation sites (tertiary alicyclic amines) is 1. The third kappa shape index (κ3) is 3.53. The van der Waals surface area contributed by atoms with Gasteiger partial charge in [-0.3, -0.25) is 4.90 Å². The molecule has 0 aromatic carbocycles. The Morgan fingerprint density at radius 3 is 3.00 bits per heavy atom. The third-order valence-electron chi connectivity index (χ3n) is 5.16. The lowest BCUT2D eigenvalue weighted by Crippen LogP contribution is -2.44. The summed E-state index contributed by atoms with van der Waals surface area (Å²) < 4.78 is 12.1. The summed E-state index contributed by atoms with van der Waals surface area (Å²) in [5, 5.41) is 3.19. The largest absolute Gasteiger partial charge is 0.372 e. The lowest BCUT2D eigenvalue weighted by molar-refractivity contribution is -0.102. The second kappa shape index (κ2) is 6.56. The Balaban J connectivity index is 1.21. The SMILES string of the molecule is Cc1nc(COC[C@@H]2CC[C@H]3[C@H](CCN3CC3CC3)O2)cs1. The molecule has 1 aliphatic carbocycles. The fourth-order valence-corrected chi connectivity index (χ4v) is 4.43. The van der Waals surface area contributed by atoms with Gasteiger partial charge in [-0.05, 0) is 44.9 Å². The molecule has 0 bridgehead atoms. The number of ether oxygens (including phenoxy) is 2. The van der Waals surface area contributed by atoms with E-state index >= 15 is 0 Å². The highest BCUT2D eigenvalue weighted by atomic mass is 32.1. The van der Waals surface area contributed by atoms with Crippen LogP contribution in [0.4, 0.5) is 0 Å². The molecule has 0 spiro atoms. The van der Waals surface area contributed by atoms with Crippen LogP contribution in [0.3, 0.4) is 0 Å². The van der Waals surface area contributed by atoms with Crippen molar-refractivity contribution in [3.05, 3.63) is 16.1 Å². The lowest BCUT2D eigenvalue weighted by atomic mass is 9.99. The van der Waals surface area contributed by atoms with Crippen LogP contribution in [-0.2, 0) is 16.1 Å². The maximum Gasteiger partial charge on any atom is 0.0898 e. The summed E-state index contributed by atoms with van der Waals surface area (Å²) in [5.41, 5.74) is 1.05. The van der Waals surface area contributed by atoms with Crippen LogP contribution < -0.4 is 0 Å². The molecule has 2 saturated heterocycles. The van der Waals surface area contributed by atoms with Crippen LogP contribution in [0.15, 0.2) is 5.38 Å². The fraction of sp³-hybridized carbons (Fsp3) is 0.824. The van der Waals surface area contributed by atoms with Crippen LogP contribution >= 0.6 is 11.3 Å². The van der Waals surface area contributed by atoms with E-state index < -0.39 is 0 Å². The summed E-state index contributed by atoms with van der Waals surface area (Å²) in [6.07, 6.45) is 7.24. The highest BCUT2D eigenvalue weighted by molar-refractivity contribution is 7.09. The molecule has 3 atom stereocenters. The van der Waals surface area contributed by atoms with Gasteiger partial charge in [-0.2, -0.15) is 0 Å². The van der Waals surface area contributed by atoms with Crippen LogP contribution in [0.5, 0.6) is 0 Å². The van der Waals surface area contributed by atoms with Crippen molar-refractivity contribution < 1.29 is 9.47 Å². The Bertz CT molecular complexity index is 503. The van der Waals surface area contributed by atoms with Crippen LogP contribution in [0.1, 0.15) is 42.8 Å². The summed E-state index contributed by atoms with van der Waals surface area (Å²) in [7, 11) is 0. The van der Waals surface area contributed by atoms with Crippen LogP contribution in [0, 0.1) is 12.8 Å². The molecule has 1 aromatic rings. The van der Waals surface area contributed by atoms with E-state index in [0.717, 1.165) is 23.0 Å². The topological polar surface area (TPSA) is 34.6 Å². The van der Waals surface area contributed by atoms with E-state index in [1.165, 1.54) is 38.8 Å². The molecule has 1 saturated carbocycles. The monoisotopic (exact) mass is 322 g/mol. The van der Waals surface area contributed by atoms with Gasteiger partial charge in [-0.25, -0.2) is 4.98 Å². The minimum Gasteiger partial charge on any atom is -0.372 e. The molecule has 1 aromatic heterocycles. The summed E-state index contributed by atoms with van der Waals surface area (Å²) in [6.45, 7) is 5.91. The molecule has 5 heteroatoms. The number of fused-ring (bicyclic) bond motifs is 1. The first-order chi connectivity index (χ1) is 10.8. The fourth-order valence-electron chi connectivity index (χ4n) is 3.84. The second-order valence-electron chi connectivity index (χ2n) is 7.04. The highest BCUT2D eigenvalue weighted by Crippen LogP contribution is 2.36. The molecule has 3 heterocycles. The number of hydrogen-bond donors (Lipinski definition) is 0. The van der Waals surface area contributed by atoms with Crippen LogP contribution in [0.25, 0.3) is 0 Å². The Morgan fingerprint density at radius 2 is 2.23 bits per heavy atom. The second-order valence-corrected chi connectivity index (χ2v) is 8.10. The molecule has 4 rings (SSSR count). The van der Waals surface area contributed by atoms with Gasteiger partial charge >= 0.3 is 0 Å². The summed E-state index contributed by atoms with van der Waals surface area (Å²) >= 11 is 1.69. The highest BCUT2D eigenvalue weighted by Gasteiger charge is 2.41. The maximum atomic E-state index is 6.30. The minimum atomic E-state index is 0.279. The molecular formula is C17H26N2O2S. The van der Waals surface area contributed by atoms with Gasteiger partial charge in [-0.15, -0.1) is 11.3 Å². The standard InChI is InChI=1S/C17H26N2O2S/c1-12-18-14(11-22-12)9-20-10-15-4-5-16-17(21-15)6-7-19(16)8-13-2-3-13/h11,13,15-17H,2-10H2,1H3/t15-,16-,17-/m0/s1. The van der Waals surface area contributed by atoms with E-state index in [4.69, 9.17) is 9.47 Å². The van der Waals surface area contributed by atoms with Crippen molar-refractivity contribution in [1.29, 1.82) is 0 Å². The van der Waals surface area contributed by atoms with Crippen LogP contribution in [-0.4, -0.2) is 47.8 Å². The molecule has 22 heavy (non-hydrogen) atoms. The summed E-state index contributed by atoms with van der Waals surface area (Å²) in [4.78, 5) is 7.13. The predicted molar refractivity (Wildman–Crippen MR) is 87.1 cm³/mol. The van der Waals surface area contributed by atoms with E-state index in [0.29, 0.717) is 25.4 Å². The summed E-state index contributed by atoms with van der Waals surface area (Å²) in [5.74, 6) is 0.987. The number of nitrogens with zero attached hydrogens (tertiary/aromatic N) is 2. The van der Waals surface area contributed by atoms with E-state index in [1.54, 1.807) is 11.3 Å². The average Bonchev–Trinajstić information content (AvgIpc) is 3.10. The van der Waals surface area contributed by atoms with Gasteiger partial charge < -0.3 is 9.47 Å². The average molecular weight is 322 g/mol. The minimum absolute atomic E-state index is 0.279. The zero-order valence-corrected chi connectivity index (χ0v) is 14.2. The van der Waals surface area contributed by atoms with Crippen molar-refractivity contribution in [2.45, 2.75) is 63.9 Å². The van der Waals surface area contributed by atoms with Gasteiger partial charge in [0.25, 0.3) is 0 Å². The number of thiazole rings is 1. The van der Waals surface area contributed by atoms with Gasteiger partial charge in [0.15, 0.2) is 0 Å². The number of aromatic nitrogens is 1. The zero-order chi connectivity index (χ0) is 14.9. The first-order valence-corrected chi connectivity index (χ1v) is 9.54. The zero-order valence-electron chi connectivity index (χ0n) is 13.4. The Kier molecular flexibility index (Phi) is 4.49. The van der Waals surface area contributed by atoms with E-state index in [1.807, 2.05) is 6.92 Å². The normalized spacial score (nSPS) is 32.3. The van der Waals surface area contributed by atoms with Gasteiger partial charge in [-0.1, -0.05) is 0 Å². The molecule has 122 valence electrons. The number of hydrogen-bond acceptors (Lipinski definition) is 5.